The van der Waals surface area contributed by atoms with Crippen LogP contribution in [-0.2, 0) is 17.9 Å². The molecule has 1 N–H and O–H groups in total. The Labute approximate surface area is 89.8 Å². The average Bonchev–Trinajstić information content (AvgIpc) is 2.60. The fourth-order valence-corrected chi connectivity index (χ4v) is 1.62. The predicted molar refractivity (Wildman–Crippen MR) is 56.4 cm³/mol. The van der Waals surface area contributed by atoms with Gasteiger partial charge in [-0.2, -0.15) is 5.10 Å². The van der Waals surface area contributed by atoms with Gasteiger partial charge in [-0.15, -0.1) is 0 Å². The van der Waals surface area contributed by atoms with Crippen LogP contribution < -0.4 is 5.32 Å². The molecule has 0 amide bonds. The van der Waals surface area contributed by atoms with Gasteiger partial charge in [-0.05, 0) is 13.3 Å². The Morgan fingerprint density at radius 2 is 2.40 bits per heavy atom. The van der Waals surface area contributed by atoms with Crippen LogP contribution in [0.1, 0.15) is 26.1 Å². The predicted octanol–water partition coefficient (Wildman–Crippen LogP) is 0.567. The van der Waals surface area contributed by atoms with E-state index in [1.807, 2.05) is 4.68 Å². The molecule has 0 bridgehead atoms. The Kier molecular flexibility index (Phi) is 3.02. The third-order valence-electron chi connectivity index (χ3n) is 2.68. The van der Waals surface area contributed by atoms with Crippen molar-refractivity contribution in [2.45, 2.75) is 39.0 Å². The van der Waals surface area contributed by atoms with Crippen molar-refractivity contribution < 1.29 is 4.74 Å². The highest BCUT2D eigenvalue weighted by Crippen LogP contribution is 2.16. The van der Waals surface area contributed by atoms with E-state index >= 15 is 0 Å². The van der Waals surface area contributed by atoms with Gasteiger partial charge in [0.05, 0.1) is 5.60 Å². The number of hydrogen-bond donors (Lipinski definition) is 1. The number of aromatic nitrogens is 3. The minimum absolute atomic E-state index is 0.0109. The lowest BCUT2D eigenvalue weighted by Gasteiger charge is -2.38. The minimum atomic E-state index is -0.0109. The highest BCUT2D eigenvalue weighted by Gasteiger charge is 2.32. The zero-order chi connectivity index (χ0) is 10.7. The second-order valence-electron chi connectivity index (χ2n) is 4.24. The third kappa shape index (κ3) is 2.35. The highest BCUT2D eigenvalue weighted by atomic mass is 16.5. The monoisotopic (exact) mass is 210 g/mol. The van der Waals surface area contributed by atoms with Crippen LogP contribution in [-0.4, -0.2) is 33.5 Å². The molecule has 0 aromatic carbocycles. The van der Waals surface area contributed by atoms with Crippen LogP contribution in [0.25, 0.3) is 0 Å². The van der Waals surface area contributed by atoms with Crippen molar-refractivity contribution in [2.24, 2.45) is 0 Å². The van der Waals surface area contributed by atoms with Gasteiger partial charge in [0, 0.05) is 19.6 Å². The van der Waals surface area contributed by atoms with Crippen molar-refractivity contribution in [2.75, 3.05) is 13.1 Å². The Balaban J connectivity index is 1.89. The molecular weight excluding hydrogens is 192 g/mol. The Morgan fingerprint density at radius 3 is 3.00 bits per heavy atom. The normalized spacial score (nSPS) is 18.8. The molecule has 0 unspecified atom stereocenters. The molecule has 1 aliphatic heterocycles. The lowest BCUT2D eigenvalue weighted by atomic mass is 10.0. The maximum atomic E-state index is 5.81. The van der Waals surface area contributed by atoms with Gasteiger partial charge < -0.3 is 10.1 Å². The van der Waals surface area contributed by atoms with E-state index < -0.39 is 0 Å². The third-order valence-corrected chi connectivity index (χ3v) is 2.68. The van der Waals surface area contributed by atoms with Crippen molar-refractivity contribution in [1.29, 1.82) is 0 Å². The summed E-state index contributed by atoms with van der Waals surface area (Å²) >= 11 is 0. The molecule has 1 aromatic heterocycles. The zero-order valence-corrected chi connectivity index (χ0v) is 9.36. The summed E-state index contributed by atoms with van der Waals surface area (Å²) in [7, 11) is 0. The quantitative estimate of drug-likeness (QED) is 0.772. The molecule has 1 aliphatic rings. The molecule has 0 atom stereocenters. The first-order chi connectivity index (χ1) is 7.23. The van der Waals surface area contributed by atoms with E-state index in [1.165, 1.54) is 0 Å². The molecule has 84 valence electrons. The number of nitrogens with zero attached hydrogens (tertiary/aromatic N) is 3. The number of hydrogen-bond acceptors (Lipinski definition) is 4. The summed E-state index contributed by atoms with van der Waals surface area (Å²) in [6, 6.07) is 0. The first kappa shape index (κ1) is 10.6. The highest BCUT2D eigenvalue weighted by molar-refractivity contribution is 4.92. The molecule has 0 spiro atoms. The summed E-state index contributed by atoms with van der Waals surface area (Å²) < 4.78 is 7.72. The zero-order valence-electron chi connectivity index (χ0n) is 9.36. The lowest BCUT2D eigenvalue weighted by molar-refractivity contribution is -0.0799. The van der Waals surface area contributed by atoms with Gasteiger partial charge in [0.1, 0.15) is 12.9 Å². The van der Waals surface area contributed by atoms with E-state index in [1.54, 1.807) is 6.33 Å². The van der Waals surface area contributed by atoms with Gasteiger partial charge in [-0.3, -0.25) is 0 Å². The van der Waals surface area contributed by atoms with Crippen molar-refractivity contribution in [3.05, 3.63) is 12.2 Å². The molecule has 0 saturated carbocycles. The summed E-state index contributed by atoms with van der Waals surface area (Å²) in [5.74, 6) is 0.921. The maximum Gasteiger partial charge on any atom is 0.152 e. The molecule has 0 radical (unpaired) electrons. The van der Waals surface area contributed by atoms with Crippen molar-refractivity contribution in [1.82, 2.24) is 20.1 Å². The van der Waals surface area contributed by atoms with Crippen molar-refractivity contribution in [3.63, 3.8) is 0 Å². The minimum Gasteiger partial charge on any atom is -0.365 e. The molecule has 2 rings (SSSR count). The van der Waals surface area contributed by atoms with Gasteiger partial charge >= 0.3 is 0 Å². The van der Waals surface area contributed by atoms with Crippen LogP contribution in [0.15, 0.2) is 6.33 Å². The summed E-state index contributed by atoms with van der Waals surface area (Å²) in [5.41, 5.74) is -0.0109. The van der Waals surface area contributed by atoms with Crippen LogP contribution in [0.5, 0.6) is 0 Å². The van der Waals surface area contributed by atoms with Crippen LogP contribution in [0, 0.1) is 0 Å². The van der Waals surface area contributed by atoms with Gasteiger partial charge in [0.2, 0.25) is 0 Å². The van der Waals surface area contributed by atoms with E-state index in [-0.39, 0.29) is 5.60 Å². The number of rotatable bonds is 5. The first-order valence-corrected chi connectivity index (χ1v) is 5.45. The van der Waals surface area contributed by atoms with Gasteiger partial charge in [0.25, 0.3) is 0 Å². The van der Waals surface area contributed by atoms with E-state index in [9.17, 15) is 0 Å². The molecule has 1 saturated heterocycles. The Hall–Kier alpha value is -0.940. The molecule has 1 fully saturated rings. The number of aryl methyl sites for hydroxylation is 1. The second kappa shape index (κ2) is 4.28. The number of ether oxygens (including phenoxy) is 1. The summed E-state index contributed by atoms with van der Waals surface area (Å²) in [5, 5.41) is 7.36. The van der Waals surface area contributed by atoms with Gasteiger partial charge in [0.15, 0.2) is 5.82 Å². The largest absolute Gasteiger partial charge is 0.365 e. The molecule has 5 heteroatoms. The van der Waals surface area contributed by atoms with E-state index in [2.05, 4.69) is 29.2 Å². The Bertz CT molecular complexity index is 319. The van der Waals surface area contributed by atoms with Gasteiger partial charge in [-0.1, -0.05) is 6.92 Å². The van der Waals surface area contributed by atoms with Crippen molar-refractivity contribution in [3.8, 4) is 0 Å². The molecular formula is C10H18N4O. The fourth-order valence-electron chi connectivity index (χ4n) is 1.62. The average molecular weight is 210 g/mol. The summed E-state index contributed by atoms with van der Waals surface area (Å²) in [6.45, 7) is 7.56. The molecule has 1 aromatic rings. The SMILES string of the molecule is CCCn1ncnc1COC1(C)CNC1. The summed E-state index contributed by atoms with van der Waals surface area (Å²) in [4.78, 5) is 4.20. The maximum absolute atomic E-state index is 5.81. The molecule has 15 heavy (non-hydrogen) atoms. The van der Waals surface area contributed by atoms with Crippen molar-refractivity contribution >= 4 is 0 Å². The number of nitrogens with one attached hydrogen (secondary N) is 1. The lowest BCUT2D eigenvalue weighted by Crippen LogP contribution is -2.58. The molecule has 0 aliphatic carbocycles. The standard InChI is InChI=1S/C10H18N4O/c1-3-4-14-9(12-8-13-14)5-15-10(2)6-11-7-10/h8,11H,3-7H2,1-2H3. The topological polar surface area (TPSA) is 52.0 Å². The van der Waals surface area contributed by atoms with E-state index in [0.29, 0.717) is 6.61 Å². The van der Waals surface area contributed by atoms with Crippen LogP contribution in [0.2, 0.25) is 0 Å². The fraction of sp³-hybridized carbons (Fsp3) is 0.800. The second-order valence-corrected chi connectivity index (χ2v) is 4.24. The Morgan fingerprint density at radius 1 is 1.60 bits per heavy atom. The molecule has 5 nitrogen and oxygen atoms in total. The summed E-state index contributed by atoms with van der Waals surface area (Å²) in [6.07, 6.45) is 2.66. The molecule has 2 heterocycles. The van der Waals surface area contributed by atoms with Gasteiger partial charge in [-0.25, -0.2) is 9.67 Å². The smallest absolute Gasteiger partial charge is 0.152 e. The van der Waals surface area contributed by atoms with E-state index in [4.69, 9.17) is 4.74 Å². The van der Waals surface area contributed by atoms with Crippen LogP contribution in [0.3, 0.4) is 0 Å². The van der Waals surface area contributed by atoms with Crippen LogP contribution in [0.4, 0.5) is 0 Å². The van der Waals surface area contributed by atoms with E-state index in [0.717, 1.165) is 31.9 Å². The van der Waals surface area contributed by atoms with Crippen LogP contribution >= 0.6 is 0 Å². The first-order valence-electron chi connectivity index (χ1n) is 5.45.